The number of sulfone groups is 1. The zero-order valence-electron chi connectivity index (χ0n) is 10.2. The molecule has 1 aromatic carbocycles. The molecule has 2 aromatic rings. The molecule has 18 heavy (non-hydrogen) atoms. The van der Waals surface area contributed by atoms with E-state index >= 15 is 0 Å². The molecule has 0 saturated heterocycles. The average Bonchev–Trinajstić information content (AvgIpc) is 2.77. The van der Waals surface area contributed by atoms with Gasteiger partial charge < -0.3 is 9.84 Å². The van der Waals surface area contributed by atoms with Crippen LogP contribution in [0.5, 0.6) is 0 Å². The molecule has 0 fully saturated rings. The summed E-state index contributed by atoms with van der Waals surface area (Å²) in [6, 6.07) is 8.36. The molecule has 1 heterocycles. The first-order valence-electron chi connectivity index (χ1n) is 5.41. The number of hydrogen-bond donors (Lipinski definition) is 1. The molecule has 0 unspecified atom stereocenters. The minimum absolute atomic E-state index is 0.293. The maximum Gasteiger partial charge on any atom is 0.175 e. The van der Waals surface area contributed by atoms with Crippen molar-refractivity contribution in [2.75, 3.05) is 13.3 Å². The minimum Gasteiger partial charge on any atom is -0.356 e. The van der Waals surface area contributed by atoms with Crippen molar-refractivity contribution in [2.45, 2.75) is 11.4 Å². The molecule has 1 aromatic heterocycles. The van der Waals surface area contributed by atoms with E-state index in [0.717, 1.165) is 11.3 Å². The van der Waals surface area contributed by atoms with Crippen LogP contribution < -0.4 is 5.32 Å². The second-order valence-electron chi connectivity index (χ2n) is 4.01. The zero-order chi connectivity index (χ0) is 13.2. The number of benzene rings is 1. The second-order valence-corrected chi connectivity index (χ2v) is 6.03. The van der Waals surface area contributed by atoms with Crippen molar-refractivity contribution in [3.05, 3.63) is 36.0 Å². The standard InChI is InChI=1S/C12H14N2O3S/c1-13-8-10-7-12(17-14-10)9-3-5-11(6-4-9)18(2,15)16/h3-7,13H,8H2,1-2H3. The molecule has 96 valence electrons. The lowest BCUT2D eigenvalue weighted by Crippen LogP contribution is -2.04. The summed E-state index contributed by atoms with van der Waals surface area (Å²) in [4.78, 5) is 0.293. The highest BCUT2D eigenvalue weighted by molar-refractivity contribution is 7.90. The number of nitrogens with one attached hydrogen (secondary N) is 1. The van der Waals surface area contributed by atoms with Crippen LogP contribution in [0.3, 0.4) is 0 Å². The van der Waals surface area contributed by atoms with Gasteiger partial charge in [0.05, 0.1) is 10.6 Å². The van der Waals surface area contributed by atoms with Crippen molar-refractivity contribution in [3.8, 4) is 11.3 Å². The Hall–Kier alpha value is -1.66. The zero-order valence-corrected chi connectivity index (χ0v) is 11.0. The van der Waals surface area contributed by atoms with E-state index in [0.29, 0.717) is 17.2 Å². The third-order valence-corrected chi connectivity index (χ3v) is 3.61. The quantitative estimate of drug-likeness (QED) is 0.907. The molecule has 0 saturated carbocycles. The van der Waals surface area contributed by atoms with E-state index < -0.39 is 9.84 Å². The van der Waals surface area contributed by atoms with Crippen molar-refractivity contribution in [2.24, 2.45) is 0 Å². The van der Waals surface area contributed by atoms with Crippen LogP contribution in [-0.2, 0) is 16.4 Å². The summed E-state index contributed by atoms with van der Waals surface area (Å²) in [5.41, 5.74) is 1.61. The fourth-order valence-electron chi connectivity index (χ4n) is 1.58. The van der Waals surface area contributed by atoms with Gasteiger partial charge in [0, 0.05) is 24.4 Å². The van der Waals surface area contributed by atoms with E-state index in [-0.39, 0.29) is 0 Å². The highest BCUT2D eigenvalue weighted by atomic mass is 32.2. The van der Waals surface area contributed by atoms with Gasteiger partial charge in [0.1, 0.15) is 0 Å². The van der Waals surface area contributed by atoms with E-state index in [4.69, 9.17) is 4.52 Å². The van der Waals surface area contributed by atoms with Gasteiger partial charge in [-0.25, -0.2) is 8.42 Å². The van der Waals surface area contributed by atoms with Crippen molar-refractivity contribution >= 4 is 9.84 Å². The number of aromatic nitrogens is 1. The van der Waals surface area contributed by atoms with Gasteiger partial charge >= 0.3 is 0 Å². The Morgan fingerprint density at radius 2 is 1.94 bits per heavy atom. The van der Waals surface area contributed by atoms with E-state index in [1.165, 1.54) is 6.26 Å². The first-order valence-corrected chi connectivity index (χ1v) is 7.30. The summed E-state index contributed by atoms with van der Waals surface area (Å²) in [5.74, 6) is 0.625. The Kier molecular flexibility index (Phi) is 3.49. The molecule has 0 atom stereocenters. The monoisotopic (exact) mass is 266 g/mol. The van der Waals surface area contributed by atoms with Gasteiger partial charge in [0.25, 0.3) is 0 Å². The van der Waals surface area contributed by atoms with E-state index in [2.05, 4.69) is 10.5 Å². The molecule has 2 rings (SSSR count). The van der Waals surface area contributed by atoms with Crippen molar-refractivity contribution < 1.29 is 12.9 Å². The van der Waals surface area contributed by atoms with Crippen LogP contribution in [0, 0.1) is 0 Å². The van der Waals surface area contributed by atoms with Crippen molar-refractivity contribution in [1.29, 1.82) is 0 Å². The molecule has 0 amide bonds. The Morgan fingerprint density at radius 1 is 1.28 bits per heavy atom. The van der Waals surface area contributed by atoms with Gasteiger partial charge in [-0.05, 0) is 31.3 Å². The summed E-state index contributed by atoms with van der Waals surface area (Å²) in [5, 5.41) is 6.87. The van der Waals surface area contributed by atoms with Crippen LogP contribution in [0.4, 0.5) is 0 Å². The highest BCUT2D eigenvalue weighted by Gasteiger charge is 2.09. The smallest absolute Gasteiger partial charge is 0.175 e. The predicted molar refractivity (Wildman–Crippen MR) is 67.8 cm³/mol. The van der Waals surface area contributed by atoms with E-state index in [9.17, 15) is 8.42 Å². The molecule has 0 aliphatic carbocycles. The van der Waals surface area contributed by atoms with Crippen LogP contribution in [0.15, 0.2) is 39.8 Å². The molecule has 0 bridgehead atoms. The molecule has 1 N–H and O–H groups in total. The average molecular weight is 266 g/mol. The molecule has 6 heteroatoms. The summed E-state index contributed by atoms with van der Waals surface area (Å²) in [6.45, 7) is 0.630. The van der Waals surface area contributed by atoms with E-state index in [1.54, 1.807) is 24.3 Å². The molecule has 0 aliphatic heterocycles. The van der Waals surface area contributed by atoms with Crippen LogP contribution >= 0.6 is 0 Å². The number of rotatable bonds is 4. The van der Waals surface area contributed by atoms with Crippen LogP contribution in [0.1, 0.15) is 5.69 Å². The summed E-state index contributed by atoms with van der Waals surface area (Å²) in [6.07, 6.45) is 1.18. The molecule has 0 spiro atoms. The van der Waals surface area contributed by atoms with Crippen LogP contribution in [0.2, 0.25) is 0 Å². The first kappa shape index (κ1) is 12.8. The molecule has 5 nitrogen and oxygen atoms in total. The normalized spacial score (nSPS) is 11.7. The molecule has 0 aliphatic rings. The summed E-state index contributed by atoms with van der Waals surface area (Å²) < 4.78 is 27.8. The van der Waals surface area contributed by atoms with Gasteiger partial charge in [0.15, 0.2) is 15.6 Å². The van der Waals surface area contributed by atoms with Gasteiger partial charge in [-0.15, -0.1) is 0 Å². The van der Waals surface area contributed by atoms with E-state index in [1.807, 2.05) is 13.1 Å². The first-order chi connectivity index (χ1) is 8.50. The second kappa shape index (κ2) is 4.91. The summed E-state index contributed by atoms with van der Waals surface area (Å²) >= 11 is 0. The fourth-order valence-corrected chi connectivity index (χ4v) is 2.21. The minimum atomic E-state index is -3.16. The van der Waals surface area contributed by atoms with Crippen molar-refractivity contribution in [3.63, 3.8) is 0 Å². The lowest BCUT2D eigenvalue weighted by molar-refractivity contribution is 0.421. The lowest BCUT2D eigenvalue weighted by atomic mass is 10.1. The predicted octanol–water partition coefficient (Wildman–Crippen LogP) is 1.46. The Labute approximate surface area is 106 Å². The van der Waals surface area contributed by atoms with Crippen LogP contribution in [-0.4, -0.2) is 26.9 Å². The van der Waals surface area contributed by atoms with Crippen molar-refractivity contribution in [1.82, 2.24) is 10.5 Å². The topological polar surface area (TPSA) is 72.2 Å². The fraction of sp³-hybridized carbons (Fsp3) is 0.250. The number of hydrogen-bond acceptors (Lipinski definition) is 5. The van der Waals surface area contributed by atoms with Gasteiger partial charge in [0.2, 0.25) is 0 Å². The third-order valence-electron chi connectivity index (χ3n) is 2.48. The molecular weight excluding hydrogens is 252 g/mol. The molecule has 0 radical (unpaired) electrons. The SMILES string of the molecule is CNCc1cc(-c2ccc(S(C)(=O)=O)cc2)on1. The molecular formula is C12H14N2O3S. The number of nitrogens with zero attached hydrogens (tertiary/aromatic N) is 1. The Bertz CT molecular complexity index is 630. The highest BCUT2D eigenvalue weighted by Crippen LogP contribution is 2.22. The maximum atomic E-state index is 11.3. The Morgan fingerprint density at radius 3 is 2.50 bits per heavy atom. The lowest BCUT2D eigenvalue weighted by Gasteiger charge is -1.99. The Balaban J connectivity index is 2.28. The van der Waals surface area contributed by atoms with Crippen LogP contribution in [0.25, 0.3) is 11.3 Å². The third kappa shape index (κ3) is 2.77. The summed E-state index contributed by atoms with van der Waals surface area (Å²) in [7, 11) is -1.33. The maximum absolute atomic E-state index is 11.3. The van der Waals surface area contributed by atoms with Gasteiger partial charge in [-0.2, -0.15) is 0 Å². The van der Waals surface area contributed by atoms with Gasteiger partial charge in [-0.3, -0.25) is 0 Å². The van der Waals surface area contributed by atoms with Gasteiger partial charge in [-0.1, -0.05) is 5.16 Å². The largest absolute Gasteiger partial charge is 0.356 e.